The largest absolute Gasteiger partial charge is 0.326 e. The lowest BCUT2D eigenvalue weighted by molar-refractivity contribution is -0.115. The summed E-state index contributed by atoms with van der Waals surface area (Å²) in [6.07, 6.45) is -0.291. The Balaban J connectivity index is 1.77. The summed E-state index contributed by atoms with van der Waals surface area (Å²) in [7, 11) is -3.93. The van der Waals surface area contributed by atoms with E-state index >= 15 is 0 Å². The number of sulfonamides is 1. The van der Waals surface area contributed by atoms with E-state index in [0.29, 0.717) is 0 Å². The van der Waals surface area contributed by atoms with Crippen LogP contribution in [0.4, 0.5) is 15.8 Å². The number of halogens is 3. The SMILES string of the molecule is O=C(Cc1c(F)cccc1Cl)Nc1cccc(S(=O)(=O)Nc2ccccc2Cl)c1. The van der Waals surface area contributed by atoms with E-state index in [9.17, 15) is 17.6 Å². The van der Waals surface area contributed by atoms with Gasteiger partial charge in [-0.1, -0.05) is 47.5 Å². The third-order valence-electron chi connectivity index (χ3n) is 3.95. The highest BCUT2D eigenvalue weighted by atomic mass is 35.5. The van der Waals surface area contributed by atoms with Crippen molar-refractivity contribution in [2.75, 3.05) is 10.0 Å². The average molecular weight is 453 g/mol. The molecule has 0 aromatic heterocycles. The first-order chi connectivity index (χ1) is 13.8. The number of benzene rings is 3. The van der Waals surface area contributed by atoms with Gasteiger partial charge in [0.15, 0.2) is 0 Å². The Hall–Kier alpha value is -2.61. The fourth-order valence-corrected chi connectivity index (χ4v) is 4.15. The molecule has 0 aliphatic heterocycles. The molecule has 0 spiro atoms. The normalized spacial score (nSPS) is 11.1. The summed E-state index contributed by atoms with van der Waals surface area (Å²) in [5, 5.41) is 2.94. The summed E-state index contributed by atoms with van der Waals surface area (Å²) in [5.74, 6) is -1.13. The maximum Gasteiger partial charge on any atom is 0.262 e. The van der Waals surface area contributed by atoms with Crippen molar-refractivity contribution in [3.8, 4) is 0 Å². The second kappa shape index (κ2) is 8.82. The van der Waals surface area contributed by atoms with Crippen LogP contribution in [0.5, 0.6) is 0 Å². The van der Waals surface area contributed by atoms with E-state index in [2.05, 4.69) is 10.0 Å². The zero-order chi connectivity index (χ0) is 21.0. The maximum atomic E-state index is 13.8. The zero-order valence-electron chi connectivity index (χ0n) is 14.8. The first-order valence-corrected chi connectivity index (χ1v) is 10.6. The number of nitrogens with one attached hydrogen (secondary N) is 2. The van der Waals surface area contributed by atoms with Gasteiger partial charge in [0.1, 0.15) is 5.82 Å². The topological polar surface area (TPSA) is 75.3 Å². The van der Waals surface area contributed by atoms with Crippen molar-refractivity contribution in [1.29, 1.82) is 0 Å². The van der Waals surface area contributed by atoms with Gasteiger partial charge in [0, 0.05) is 16.3 Å². The van der Waals surface area contributed by atoms with Crippen molar-refractivity contribution in [1.82, 2.24) is 0 Å². The van der Waals surface area contributed by atoms with Gasteiger partial charge in [-0.15, -0.1) is 0 Å². The standard InChI is InChI=1S/C20H15Cl2FN2O3S/c21-16-8-4-9-18(23)15(16)12-20(26)24-13-5-3-6-14(11-13)29(27,28)25-19-10-2-1-7-17(19)22/h1-11,25H,12H2,(H,24,26). The smallest absolute Gasteiger partial charge is 0.262 e. The van der Waals surface area contributed by atoms with Gasteiger partial charge in [-0.05, 0) is 42.5 Å². The number of anilines is 2. The Labute approximate surface area is 177 Å². The molecule has 3 rings (SSSR count). The van der Waals surface area contributed by atoms with Gasteiger partial charge in [0.05, 0.1) is 22.0 Å². The second-order valence-electron chi connectivity index (χ2n) is 6.04. The van der Waals surface area contributed by atoms with Crippen LogP contribution in [0.1, 0.15) is 5.56 Å². The van der Waals surface area contributed by atoms with Crippen LogP contribution in [0.2, 0.25) is 10.0 Å². The van der Waals surface area contributed by atoms with Gasteiger partial charge in [-0.25, -0.2) is 12.8 Å². The Kier molecular flexibility index (Phi) is 6.42. The molecular formula is C20H15Cl2FN2O3S. The Morgan fingerprint density at radius 3 is 2.34 bits per heavy atom. The highest BCUT2D eigenvalue weighted by Crippen LogP contribution is 2.25. The summed E-state index contributed by atoms with van der Waals surface area (Å²) in [4.78, 5) is 12.2. The molecule has 0 aliphatic rings. The van der Waals surface area contributed by atoms with Crippen LogP contribution < -0.4 is 10.0 Å². The van der Waals surface area contributed by atoms with Crippen molar-refractivity contribution in [3.63, 3.8) is 0 Å². The molecular weight excluding hydrogens is 438 g/mol. The lowest BCUT2D eigenvalue weighted by Gasteiger charge is -2.11. The molecule has 0 radical (unpaired) electrons. The van der Waals surface area contributed by atoms with E-state index in [1.807, 2.05) is 0 Å². The number of carbonyl (C=O) groups is 1. The molecule has 150 valence electrons. The van der Waals surface area contributed by atoms with E-state index in [-0.39, 0.29) is 38.3 Å². The molecule has 29 heavy (non-hydrogen) atoms. The third kappa shape index (κ3) is 5.26. The maximum absolute atomic E-state index is 13.8. The first kappa shape index (κ1) is 21.1. The lowest BCUT2D eigenvalue weighted by Crippen LogP contribution is -2.17. The van der Waals surface area contributed by atoms with Crippen LogP contribution in [-0.4, -0.2) is 14.3 Å². The summed E-state index contributed by atoms with van der Waals surface area (Å²) < 4.78 is 41.5. The average Bonchev–Trinajstić information content (AvgIpc) is 2.67. The van der Waals surface area contributed by atoms with E-state index in [0.717, 1.165) is 0 Å². The van der Waals surface area contributed by atoms with Crippen LogP contribution in [0, 0.1) is 5.82 Å². The molecule has 3 aromatic rings. The number of hydrogen-bond acceptors (Lipinski definition) is 3. The van der Waals surface area contributed by atoms with Crippen molar-refractivity contribution >= 4 is 50.5 Å². The van der Waals surface area contributed by atoms with Crippen molar-refractivity contribution in [2.45, 2.75) is 11.3 Å². The van der Waals surface area contributed by atoms with Gasteiger partial charge < -0.3 is 5.32 Å². The predicted molar refractivity (Wildman–Crippen MR) is 112 cm³/mol. The molecule has 9 heteroatoms. The van der Waals surface area contributed by atoms with Crippen LogP contribution in [0.15, 0.2) is 71.6 Å². The van der Waals surface area contributed by atoms with Gasteiger partial charge in [0.25, 0.3) is 10.0 Å². The molecule has 3 aromatic carbocycles. The van der Waals surface area contributed by atoms with Crippen LogP contribution in [0.25, 0.3) is 0 Å². The molecule has 0 saturated carbocycles. The molecule has 0 heterocycles. The molecule has 0 unspecified atom stereocenters. The van der Waals surface area contributed by atoms with Crippen molar-refractivity contribution in [3.05, 3.63) is 88.2 Å². The predicted octanol–water partition coefficient (Wildman–Crippen LogP) is 5.11. The summed E-state index contributed by atoms with van der Waals surface area (Å²) in [6, 6.07) is 16.2. The zero-order valence-corrected chi connectivity index (χ0v) is 17.2. The van der Waals surface area contributed by atoms with Gasteiger partial charge >= 0.3 is 0 Å². The molecule has 5 nitrogen and oxygen atoms in total. The monoisotopic (exact) mass is 452 g/mol. The number of amides is 1. The fraction of sp³-hybridized carbons (Fsp3) is 0.0500. The number of hydrogen-bond donors (Lipinski definition) is 2. The lowest BCUT2D eigenvalue weighted by atomic mass is 10.1. The second-order valence-corrected chi connectivity index (χ2v) is 8.54. The van der Waals surface area contributed by atoms with Crippen molar-refractivity contribution in [2.24, 2.45) is 0 Å². The van der Waals surface area contributed by atoms with Crippen molar-refractivity contribution < 1.29 is 17.6 Å². The summed E-state index contributed by atoms with van der Waals surface area (Å²) in [6.45, 7) is 0. The Morgan fingerprint density at radius 2 is 1.62 bits per heavy atom. The highest BCUT2D eigenvalue weighted by Gasteiger charge is 2.17. The number of para-hydroxylation sites is 1. The third-order valence-corrected chi connectivity index (χ3v) is 5.99. The molecule has 0 fully saturated rings. The molecule has 1 amide bonds. The molecule has 0 saturated heterocycles. The minimum atomic E-state index is -3.93. The van der Waals surface area contributed by atoms with Crippen LogP contribution >= 0.6 is 23.2 Å². The van der Waals surface area contributed by atoms with E-state index in [1.54, 1.807) is 18.2 Å². The molecule has 0 atom stereocenters. The number of carbonyl (C=O) groups excluding carboxylic acids is 1. The van der Waals surface area contributed by atoms with Gasteiger partial charge in [0.2, 0.25) is 5.91 Å². The van der Waals surface area contributed by atoms with E-state index in [4.69, 9.17) is 23.2 Å². The highest BCUT2D eigenvalue weighted by molar-refractivity contribution is 7.92. The molecule has 2 N–H and O–H groups in total. The van der Waals surface area contributed by atoms with Crippen LogP contribution in [0.3, 0.4) is 0 Å². The summed E-state index contributed by atoms with van der Waals surface area (Å²) >= 11 is 11.9. The quantitative estimate of drug-likeness (QED) is 0.545. The summed E-state index contributed by atoms with van der Waals surface area (Å²) in [5.41, 5.74) is 0.540. The van der Waals surface area contributed by atoms with E-state index in [1.165, 1.54) is 48.5 Å². The van der Waals surface area contributed by atoms with Gasteiger partial charge in [-0.3, -0.25) is 9.52 Å². The molecule has 0 bridgehead atoms. The minimum Gasteiger partial charge on any atom is -0.326 e. The molecule has 0 aliphatic carbocycles. The fourth-order valence-electron chi connectivity index (χ4n) is 2.56. The van der Waals surface area contributed by atoms with Gasteiger partial charge in [-0.2, -0.15) is 0 Å². The van der Waals surface area contributed by atoms with E-state index < -0.39 is 21.7 Å². The Morgan fingerprint density at radius 1 is 0.931 bits per heavy atom. The Bertz CT molecular complexity index is 1150. The first-order valence-electron chi connectivity index (χ1n) is 8.36. The minimum absolute atomic E-state index is 0.0656. The van der Waals surface area contributed by atoms with Crippen LogP contribution in [-0.2, 0) is 21.2 Å². The number of rotatable bonds is 6.